The van der Waals surface area contributed by atoms with Crippen LogP contribution in [0.2, 0.25) is 0 Å². The minimum atomic E-state index is -0.484. The van der Waals surface area contributed by atoms with E-state index in [1.54, 1.807) is 0 Å². The predicted molar refractivity (Wildman–Crippen MR) is 95.7 cm³/mol. The molecule has 1 fully saturated rings. The second-order valence-corrected chi connectivity index (χ2v) is 8.32. The number of carbonyl (C=O) groups excluding carboxylic acids is 1. The Labute approximate surface area is 146 Å². The average Bonchev–Trinajstić information content (AvgIpc) is 2.73. The molecule has 0 spiro atoms. The Morgan fingerprint density at radius 2 is 1.96 bits per heavy atom. The van der Waals surface area contributed by atoms with Crippen molar-refractivity contribution in [3.8, 4) is 0 Å². The Kier molecular flexibility index (Phi) is 6.46. The molecule has 1 aliphatic rings. The van der Waals surface area contributed by atoms with Gasteiger partial charge in [0.15, 0.2) is 0 Å². The van der Waals surface area contributed by atoms with E-state index in [1.165, 1.54) is 4.46 Å². The summed E-state index contributed by atoms with van der Waals surface area (Å²) in [5.74, 6) is 0.194. The van der Waals surface area contributed by atoms with Gasteiger partial charge < -0.3 is 0 Å². The van der Waals surface area contributed by atoms with Crippen LogP contribution in [0.15, 0.2) is 41.0 Å². The number of likely N-dealkylation sites (tertiary alicyclic amines) is 1. The first kappa shape index (κ1) is 18.3. The summed E-state index contributed by atoms with van der Waals surface area (Å²) < 4.78 is 7.29. The van der Waals surface area contributed by atoms with Gasteiger partial charge in [-0.2, -0.15) is 0 Å². The number of carbonyl (C=O) groups is 1. The van der Waals surface area contributed by atoms with Crippen molar-refractivity contribution in [3.63, 3.8) is 0 Å². The van der Waals surface area contributed by atoms with Gasteiger partial charge in [0, 0.05) is 0 Å². The van der Waals surface area contributed by atoms with E-state index in [9.17, 15) is 4.79 Å². The van der Waals surface area contributed by atoms with Gasteiger partial charge in [-0.05, 0) is 0 Å². The van der Waals surface area contributed by atoms with Gasteiger partial charge in [0.25, 0.3) is 0 Å². The van der Waals surface area contributed by atoms with Gasteiger partial charge in [-0.25, -0.2) is 0 Å². The fourth-order valence-corrected chi connectivity index (χ4v) is 4.57. The standard InChI is InChI=1S/C19H27NO2Se/c1-5-7-13-20-16(14-23-15-11-9-8-10-12-15)17(22-6-2)19(3,4)18(20)21/h8-12,14,17H,5-7,13H2,1-4H3/b16-14-. The third-order valence-electron chi connectivity index (χ3n) is 4.16. The van der Waals surface area contributed by atoms with E-state index in [4.69, 9.17) is 4.74 Å². The average molecular weight is 380 g/mol. The first-order valence-corrected chi connectivity index (χ1v) is 10.2. The van der Waals surface area contributed by atoms with Crippen LogP contribution in [0.25, 0.3) is 0 Å². The van der Waals surface area contributed by atoms with Crippen LogP contribution in [0.3, 0.4) is 0 Å². The van der Waals surface area contributed by atoms with Gasteiger partial charge in [-0.3, -0.25) is 0 Å². The fourth-order valence-electron chi connectivity index (χ4n) is 2.85. The molecule has 1 atom stereocenters. The van der Waals surface area contributed by atoms with Crippen LogP contribution in [0.4, 0.5) is 0 Å². The molecule has 0 radical (unpaired) electrons. The number of hydrogen-bond acceptors (Lipinski definition) is 2. The molecule has 0 N–H and O–H groups in total. The molecule has 1 saturated heterocycles. The number of hydrogen-bond donors (Lipinski definition) is 0. The molecule has 1 aromatic rings. The van der Waals surface area contributed by atoms with Gasteiger partial charge in [-0.1, -0.05) is 0 Å². The van der Waals surface area contributed by atoms with Gasteiger partial charge in [-0.15, -0.1) is 0 Å². The van der Waals surface area contributed by atoms with Gasteiger partial charge in [0.05, 0.1) is 0 Å². The van der Waals surface area contributed by atoms with Gasteiger partial charge >= 0.3 is 146 Å². The Morgan fingerprint density at radius 3 is 2.57 bits per heavy atom. The summed E-state index contributed by atoms with van der Waals surface area (Å²) in [5, 5.41) is 0. The monoisotopic (exact) mass is 381 g/mol. The normalized spacial score (nSPS) is 22.1. The number of nitrogens with zero attached hydrogens (tertiary/aromatic N) is 1. The molecule has 0 bridgehead atoms. The summed E-state index contributed by atoms with van der Waals surface area (Å²) in [6, 6.07) is 10.4. The van der Waals surface area contributed by atoms with E-state index < -0.39 is 5.41 Å². The van der Waals surface area contributed by atoms with E-state index in [-0.39, 0.29) is 27.0 Å². The topological polar surface area (TPSA) is 29.5 Å². The SMILES string of the molecule is CCCCN1C(=O)C(C)(C)C(OCC)/C1=C/[Se]c1ccccc1. The molecule has 3 nitrogen and oxygen atoms in total. The van der Waals surface area contributed by atoms with Crippen molar-refractivity contribution >= 4 is 25.3 Å². The molecule has 4 heteroatoms. The molecule has 0 aromatic heterocycles. The maximum absolute atomic E-state index is 12.9. The maximum atomic E-state index is 12.9. The molecule has 1 unspecified atom stereocenters. The van der Waals surface area contributed by atoms with Crippen LogP contribution in [0, 0.1) is 5.41 Å². The van der Waals surface area contributed by atoms with E-state index >= 15 is 0 Å². The molecule has 1 amide bonds. The summed E-state index contributed by atoms with van der Waals surface area (Å²) >= 11 is 0.205. The summed E-state index contributed by atoms with van der Waals surface area (Å²) in [6.07, 6.45) is 1.97. The zero-order valence-corrected chi connectivity index (χ0v) is 16.3. The molecular formula is C19H27NO2Se. The molecule has 0 saturated carbocycles. The first-order chi connectivity index (χ1) is 11.0. The number of amides is 1. The molecule has 1 aliphatic heterocycles. The van der Waals surface area contributed by atoms with Crippen molar-refractivity contribution in [2.75, 3.05) is 13.2 Å². The predicted octanol–water partition coefficient (Wildman–Crippen LogP) is 2.93. The zero-order valence-electron chi connectivity index (χ0n) is 14.5. The molecule has 0 aliphatic carbocycles. The third kappa shape index (κ3) is 4.06. The summed E-state index contributed by atoms with van der Waals surface area (Å²) in [4.78, 5) is 17.1. The molecular weight excluding hydrogens is 353 g/mol. The quantitative estimate of drug-likeness (QED) is 0.681. The van der Waals surface area contributed by atoms with Crippen molar-refractivity contribution in [2.45, 2.75) is 46.6 Å². The molecule has 126 valence electrons. The summed E-state index contributed by atoms with van der Waals surface area (Å²) in [7, 11) is 0. The Hall–Kier alpha value is -1.09. The molecule has 1 aromatic carbocycles. The van der Waals surface area contributed by atoms with Crippen molar-refractivity contribution in [3.05, 3.63) is 41.0 Å². The zero-order chi connectivity index (χ0) is 16.9. The second kappa shape index (κ2) is 8.14. The van der Waals surface area contributed by atoms with Crippen LogP contribution in [-0.4, -0.2) is 45.0 Å². The Balaban J connectivity index is 2.29. The summed E-state index contributed by atoms with van der Waals surface area (Å²) in [5.41, 5.74) is 0.585. The van der Waals surface area contributed by atoms with E-state index in [0.29, 0.717) is 6.61 Å². The fraction of sp³-hybridized carbons (Fsp3) is 0.526. The number of rotatable bonds is 7. The van der Waals surface area contributed by atoms with E-state index in [0.717, 1.165) is 25.1 Å². The summed E-state index contributed by atoms with van der Waals surface area (Å²) in [6.45, 7) is 9.58. The second-order valence-electron chi connectivity index (χ2n) is 6.34. The van der Waals surface area contributed by atoms with Gasteiger partial charge in [0.2, 0.25) is 0 Å². The van der Waals surface area contributed by atoms with Crippen LogP contribution >= 0.6 is 0 Å². The molecule has 23 heavy (non-hydrogen) atoms. The van der Waals surface area contributed by atoms with Gasteiger partial charge in [0.1, 0.15) is 0 Å². The van der Waals surface area contributed by atoms with Crippen molar-refractivity contribution < 1.29 is 9.53 Å². The molecule has 1 heterocycles. The van der Waals surface area contributed by atoms with Crippen LogP contribution < -0.4 is 4.46 Å². The Morgan fingerprint density at radius 1 is 1.26 bits per heavy atom. The van der Waals surface area contributed by atoms with Crippen LogP contribution in [0.1, 0.15) is 40.5 Å². The van der Waals surface area contributed by atoms with Crippen LogP contribution in [-0.2, 0) is 9.53 Å². The molecule has 2 rings (SSSR count). The Bertz CT molecular complexity index is 554. The van der Waals surface area contributed by atoms with Crippen molar-refractivity contribution in [1.82, 2.24) is 4.90 Å². The minimum absolute atomic E-state index is 0.137. The van der Waals surface area contributed by atoms with Crippen LogP contribution in [0.5, 0.6) is 0 Å². The third-order valence-corrected chi connectivity index (χ3v) is 6.06. The first-order valence-electron chi connectivity index (χ1n) is 8.37. The number of benzene rings is 1. The van der Waals surface area contributed by atoms with E-state index in [1.807, 2.05) is 31.7 Å². The van der Waals surface area contributed by atoms with Crippen molar-refractivity contribution in [2.24, 2.45) is 5.41 Å². The van der Waals surface area contributed by atoms with E-state index in [2.05, 4.69) is 36.2 Å². The number of unbranched alkanes of at least 4 members (excludes halogenated alkanes) is 1. The number of ether oxygens (including phenoxy) is 1. The van der Waals surface area contributed by atoms with Crippen molar-refractivity contribution in [1.29, 1.82) is 0 Å².